The standard InChI is InChI=1S/C16H21ClN2O3/c1-2-4-15(21)18-12-5-3-8-19(10-12)16(22)11-6-7-14(20)13(17)9-11/h6-7,9,12,20H,2-5,8,10H2,1H3,(H,18,21)/t12-/m1/s1. The lowest BCUT2D eigenvalue weighted by atomic mass is 10.0. The fourth-order valence-electron chi connectivity index (χ4n) is 2.63. The van der Waals surface area contributed by atoms with Crippen LogP contribution in [0.2, 0.25) is 5.02 Å². The van der Waals surface area contributed by atoms with E-state index in [0.717, 1.165) is 19.3 Å². The number of halogens is 1. The van der Waals surface area contributed by atoms with Gasteiger partial charge in [-0.05, 0) is 37.5 Å². The van der Waals surface area contributed by atoms with E-state index in [2.05, 4.69) is 5.32 Å². The molecule has 0 spiro atoms. The maximum Gasteiger partial charge on any atom is 0.253 e. The Morgan fingerprint density at radius 2 is 2.23 bits per heavy atom. The van der Waals surface area contributed by atoms with Crippen LogP contribution in [0.15, 0.2) is 18.2 Å². The molecule has 0 bridgehead atoms. The molecule has 120 valence electrons. The third-order valence-electron chi connectivity index (χ3n) is 3.75. The highest BCUT2D eigenvalue weighted by molar-refractivity contribution is 6.32. The highest BCUT2D eigenvalue weighted by Crippen LogP contribution is 2.25. The molecular weight excluding hydrogens is 304 g/mol. The molecule has 0 radical (unpaired) electrons. The Morgan fingerprint density at radius 3 is 2.91 bits per heavy atom. The Balaban J connectivity index is 2.00. The number of nitrogens with zero attached hydrogens (tertiary/aromatic N) is 1. The molecule has 22 heavy (non-hydrogen) atoms. The Hall–Kier alpha value is -1.75. The number of carbonyl (C=O) groups is 2. The van der Waals surface area contributed by atoms with Gasteiger partial charge in [0.2, 0.25) is 5.91 Å². The van der Waals surface area contributed by atoms with Gasteiger partial charge in [-0.25, -0.2) is 0 Å². The largest absolute Gasteiger partial charge is 0.506 e. The lowest BCUT2D eigenvalue weighted by Crippen LogP contribution is -2.49. The molecule has 0 aromatic heterocycles. The highest BCUT2D eigenvalue weighted by Gasteiger charge is 2.25. The van der Waals surface area contributed by atoms with Crippen LogP contribution < -0.4 is 5.32 Å². The van der Waals surface area contributed by atoms with E-state index in [4.69, 9.17) is 11.6 Å². The van der Waals surface area contributed by atoms with Crippen LogP contribution in [0.25, 0.3) is 0 Å². The number of aromatic hydroxyl groups is 1. The first kappa shape index (κ1) is 16.6. The first-order valence-electron chi connectivity index (χ1n) is 7.58. The monoisotopic (exact) mass is 324 g/mol. The first-order valence-corrected chi connectivity index (χ1v) is 7.96. The number of amides is 2. The minimum Gasteiger partial charge on any atom is -0.506 e. The maximum atomic E-state index is 12.5. The molecule has 2 N–H and O–H groups in total. The summed E-state index contributed by atoms with van der Waals surface area (Å²) in [5, 5.41) is 12.6. The summed E-state index contributed by atoms with van der Waals surface area (Å²) in [6.45, 7) is 3.13. The lowest BCUT2D eigenvalue weighted by Gasteiger charge is -2.33. The van der Waals surface area contributed by atoms with E-state index in [1.807, 2.05) is 6.92 Å². The Bertz CT molecular complexity index is 562. The predicted octanol–water partition coefficient (Wildman–Crippen LogP) is 2.57. The Kier molecular flexibility index (Phi) is 5.66. The van der Waals surface area contributed by atoms with Crippen LogP contribution in [0, 0.1) is 0 Å². The molecule has 1 fully saturated rings. The first-order chi connectivity index (χ1) is 10.5. The summed E-state index contributed by atoms with van der Waals surface area (Å²) < 4.78 is 0. The van der Waals surface area contributed by atoms with Crippen molar-refractivity contribution in [3.63, 3.8) is 0 Å². The molecule has 1 heterocycles. The van der Waals surface area contributed by atoms with E-state index in [1.54, 1.807) is 11.0 Å². The summed E-state index contributed by atoms with van der Waals surface area (Å²) >= 11 is 5.85. The fraction of sp³-hybridized carbons (Fsp3) is 0.500. The molecule has 1 saturated heterocycles. The SMILES string of the molecule is CCCC(=O)N[C@@H]1CCCN(C(=O)c2ccc(O)c(Cl)c2)C1. The van der Waals surface area contributed by atoms with E-state index in [0.29, 0.717) is 25.1 Å². The number of benzene rings is 1. The van der Waals surface area contributed by atoms with Crippen molar-refractivity contribution in [2.45, 2.75) is 38.6 Å². The molecule has 1 aliphatic rings. The number of carbonyl (C=O) groups excluding carboxylic acids is 2. The van der Waals surface area contributed by atoms with Gasteiger partial charge in [-0.1, -0.05) is 18.5 Å². The van der Waals surface area contributed by atoms with Crippen LogP contribution >= 0.6 is 11.6 Å². The van der Waals surface area contributed by atoms with Crippen molar-refractivity contribution in [1.29, 1.82) is 0 Å². The summed E-state index contributed by atoms with van der Waals surface area (Å²) in [7, 11) is 0. The highest BCUT2D eigenvalue weighted by atomic mass is 35.5. The van der Waals surface area contributed by atoms with Gasteiger partial charge in [0.1, 0.15) is 5.75 Å². The number of phenolic OH excluding ortho intramolecular Hbond substituents is 1. The number of rotatable bonds is 4. The van der Waals surface area contributed by atoms with Crippen molar-refractivity contribution >= 4 is 23.4 Å². The topological polar surface area (TPSA) is 69.6 Å². The van der Waals surface area contributed by atoms with Crippen molar-refractivity contribution in [2.24, 2.45) is 0 Å². The molecule has 6 heteroatoms. The molecule has 2 rings (SSSR count). The van der Waals surface area contributed by atoms with Crippen LogP contribution in [-0.2, 0) is 4.79 Å². The van der Waals surface area contributed by atoms with Gasteiger partial charge < -0.3 is 15.3 Å². The molecule has 1 aromatic rings. The normalized spacial score (nSPS) is 18.1. The van der Waals surface area contributed by atoms with Crippen molar-refractivity contribution in [1.82, 2.24) is 10.2 Å². The quantitative estimate of drug-likeness (QED) is 0.894. The maximum absolute atomic E-state index is 12.5. The summed E-state index contributed by atoms with van der Waals surface area (Å²) in [5.41, 5.74) is 0.448. The van der Waals surface area contributed by atoms with Gasteiger partial charge in [-0.15, -0.1) is 0 Å². The second kappa shape index (κ2) is 7.49. The Morgan fingerprint density at radius 1 is 1.45 bits per heavy atom. The molecule has 0 aliphatic carbocycles. The van der Waals surface area contributed by atoms with Crippen LogP contribution in [0.5, 0.6) is 5.75 Å². The van der Waals surface area contributed by atoms with Gasteiger partial charge in [0.15, 0.2) is 0 Å². The van der Waals surface area contributed by atoms with Crippen molar-refractivity contribution in [2.75, 3.05) is 13.1 Å². The van der Waals surface area contributed by atoms with E-state index >= 15 is 0 Å². The molecule has 1 aromatic carbocycles. The average Bonchev–Trinajstić information content (AvgIpc) is 2.50. The Labute approximate surface area is 135 Å². The van der Waals surface area contributed by atoms with Crippen molar-refractivity contribution in [3.05, 3.63) is 28.8 Å². The summed E-state index contributed by atoms with van der Waals surface area (Å²) in [6.07, 6.45) is 3.06. The number of likely N-dealkylation sites (tertiary alicyclic amines) is 1. The second-order valence-electron chi connectivity index (χ2n) is 5.57. The fourth-order valence-corrected chi connectivity index (χ4v) is 2.81. The van der Waals surface area contributed by atoms with E-state index in [1.165, 1.54) is 12.1 Å². The van der Waals surface area contributed by atoms with Gasteiger partial charge in [0.25, 0.3) is 5.91 Å². The summed E-state index contributed by atoms with van der Waals surface area (Å²) in [5.74, 6) is -0.132. The lowest BCUT2D eigenvalue weighted by molar-refractivity contribution is -0.122. The van der Waals surface area contributed by atoms with Crippen LogP contribution in [-0.4, -0.2) is 41.0 Å². The number of hydrogen-bond acceptors (Lipinski definition) is 3. The summed E-state index contributed by atoms with van der Waals surface area (Å²) in [4.78, 5) is 25.9. The minimum absolute atomic E-state index is 0.00402. The zero-order valence-electron chi connectivity index (χ0n) is 12.6. The van der Waals surface area contributed by atoms with E-state index in [9.17, 15) is 14.7 Å². The van der Waals surface area contributed by atoms with Crippen LogP contribution in [0.1, 0.15) is 43.0 Å². The van der Waals surface area contributed by atoms with Gasteiger partial charge in [0.05, 0.1) is 5.02 Å². The van der Waals surface area contributed by atoms with E-state index < -0.39 is 0 Å². The predicted molar refractivity (Wildman–Crippen MR) is 85.1 cm³/mol. The number of nitrogens with one attached hydrogen (secondary N) is 1. The molecule has 0 saturated carbocycles. The molecule has 2 amide bonds. The smallest absolute Gasteiger partial charge is 0.253 e. The average molecular weight is 325 g/mol. The zero-order chi connectivity index (χ0) is 16.1. The molecule has 5 nitrogen and oxygen atoms in total. The number of piperidine rings is 1. The molecule has 1 atom stereocenters. The van der Waals surface area contributed by atoms with Gasteiger partial charge in [0, 0.05) is 31.1 Å². The summed E-state index contributed by atoms with van der Waals surface area (Å²) in [6, 6.07) is 4.45. The van der Waals surface area contributed by atoms with Crippen molar-refractivity contribution < 1.29 is 14.7 Å². The van der Waals surface area contributed by atoms with Gasteiger partial charge >= 0.3 is 0 Å². The van der Waals surface area contributed by atoms with Crippen LogP contribution in [0.3, 0.4) is 0 Å². The van der Waals surface area contributed by atoms with Crippen molar-refractivity contribution in [3.8, 4) is 5.75 Å². The molecular formula is C16H21ClN2O3. The van der Waals surface area contributed by atoms with Gasteiger partial charge in [-0.3, -0.25) is 9.59 Å². The molecule has 1 aliphatic heterocycles. The number of phenols is 1. The third kappa shape index (κ3) is 4.13. The van der Waals surface area contributed by atoms with E-state index in [-0.39, 0.29) is 28.6 Å². The molecule has 0 unspecified atom stereocenters. The number of hydrogen-bond donors (Lipinski definition) is 2. The van der Waals surface area contributed by atoms with Crippen LogP contribution in [0.4, 0.5) is 0 Å². The third-order valence-corrected chi connectivity index (χ3v) is 4.05. The van der Waals surface area contributed by atoms with Gasteiger partial charge in [-0.2, -0.15) is 0 Å². The minimum atomic E-state index is -0.128. The zero-order valence-corrected chi connectivity index (χ0v) is 13.4. The second-order valence-corrected chi connectivity index (χ2v) is 5.98.